The van der Waals surface area contributed by atoms with Gasteiger partial charge in [-0.1, -0.05) is 55.4 Å². The first-order valence-electron chi connectivity index (χ1n) is 11.3. The predicted octanol–water partition coefficient (Wildman–Crippen LogP) is 3.05. The van der Waals surface area contributed by atoms with Crippen molar-refractivity contribution in [1.29, 1.82) is 0 Å². The number of anilines is 2. The van der Waals surface area contributed by atoms with Gasteiger partial charge in [-0.05, 0) is 18.4 Å². The number of morpholine rings is 1. The van der Waals surface area contributed by atoms with E-state index in [1.165, 1.54) is 17.3 Å². The van der Waals surface area contributed by atoms with Crippen molar-refractivity contribution in [2.75, 3.05) is 42.3 Å². The highest BCUT2D eigenvalue weighted by molar-refractivity contribution is 7.99. The normalized spacial score (nSPS) is 14.1. The number of nitrogens with one attached hydrogen (secondary N) is 1. The fourth-order valence-electron chi connectivity index (χ4n) is 3.77. The summed E-state index contributed by atoms with van der Waals surface area (Å²) in [5, 5.41) is 16.9. The number of carbonyl (C=O) groups excluding carboxylic acids is 1. The zero-order chi connectivity index (χ0) is 23.2. The van der Waals surface area contributed by atoms with Crippen LogP contribution in [0.1, 0.15) is 25.0 Å². The van der Waals surface area contributed by atoms with Crippen molar-refractivity contribution in [3.05, 3.63) is 47.7 Å². The molecule has 1 amide bonds. The molecule has 1 saturated heterocycles. The Kier molecular flexibility index (Phi) is 7.66. The van der Waals surface area contributed by atoms with Crippen LogP contribution in [0.5, 0.6) is 0 Å². The Morgan fingerprint density at radius 1 is 1.21 bits per heavy atom. The van der Waals surface area contributed by atoms with Crippen LogP contribution in [0.3, 0.4) is 0 Å². The van der Waals surface area contributed by atoms with Crippen molar-refractivity contribution < 1.29 is 9.53 Å². The number of thioether (sulfide) groups is 1. The summed E-state index contributed by atoms with van der Waals surface area (Å²) in [5.41, 5.74) is 2.34. The first kappa shape index (κ1) is 23.3. The minimum Gasteiger partial charge on any atom is -0.378 e. The van der Waals surface area contributed by atoms with Crippen LogP contribution in [-0.4, -0.2) is 62.5 Å². The number of ether oxygens (including phenoxy) is 1. The van der Waals surface area contributed by atoms with Crippen LogP contribution in [0.25, 0.3) is 0 Å². The molecule has 1 aromatic carbocycles. The minimum absolute atomic E-state index is 0.0991. The van der Waals surface area contributed by atoms with Gasteiger partial charge in [0.2, 0.25) is 11.9 Å². The average molecular weight is 470 g/mol. The molecular weight excluding hydrogens is 438 g/mol. The molecule has 1 N–H and O–H groups in total. The van der Waals surface area contributed by atoms with E-state index in [9.17, 15) is 4.79 Å². The van der Waals surface area contributed by atoms with Gasteiger partial charge in [-0.15, -0.1) is 10.2 Å². The monoisotopic (exact) mass is 469 g/mol. The third-order valence-electron chi connectivity index (χ3n) is 5.27. The second kappa shape index (κ2) is 10.8. The summed E-state index contributed by atoms with van der Waals surface area (Å²) in [4.78, 5) is 14.9. The largest absolute Gasteiger partial charge is 0.378 e. The van der Waals surface area contributed by atoms with E-state index >= 15 is 0 Å². The van der Waals surface area contributed by atoms with E-state index in [1.54, 1.807) is 10.9 Å². The number of aromatic nitrogens is 5. The van der Waals surface area contributed by atoms with E-state index in [4.69, 9.17) is 4.74 Å². The van der Waals surface area contributed by atoms with Crippen molar-refractivity contribution in [2.45, 2.75) is 39.0 Å². The maximum atomic E-state index is 12.7. The van der Waals surface area contributed by atoms with E-state index in [0.29, 0.717) is 31.5 Å². The van der Waals surface area contributed by atoms with E-state index in [-0.39, 0.29) is 11.7 Å². The second-order valence-electron chi connectivity index (χ2n) is 8.59. The number of hydrogen-bond acceptors (Lipinski definition) is 7. The first-order chi connectivity index (χ1) is 16.0. The molecule has 3 heterocycles. The van der Waals surface area contributed by atoms with Gasteiger partial charge in [0.15, 0.2) is 5.16 Å². The molecule has 9 nitrogen and oxygen atoms in total. The van der Waals surface area contributed by atoms with Crippen molar-refractivity contribution in [2.24, 2.45) is 5.92 Å². The molecule has 10 heteroatoms. The Labute approximate surface area is 198 Å². The van der Waals surface area contributed by atoms with E-state index < -0.39 is 0 Å². The Balaban J connectivity index is 1.39. The molecule has 0 saturated carbocycles. The molecule has 0 unspecified atom stereocenters. The highest BCUT2D eigenvalue weighted by atomic mass is 32.2. The lowest BCUT2D eigenvalue weighted by molar-refractivity contribution is -0.113. The van der Waals surface area contributed by atoms with Gasteiger partial charge in [0.25, 0.3) is 0 Å². The highest BCUT2D eigenvalue weighted by Gasteiger charge is 2.22. The smallest absolute Gasteiger partial charge is 0.235 e. The minimum atomic E-state index is -0.0991. The van der Waals surface area contributed by atoms with Crippen LogP contribution in [0.4, 0.5) is 11.8 Å². The molecule has 33 heavy (non-hydrogen) atoms. The van der Waals surface area contributed by atoms with Crippen LogP contribution in [0.2, 0.25) is 0 Å². The van der Waals surface area contributed by atoms with Gasteiger partial charge in [-0.2, -0.15) is 5.10 Å². The summed E-state index contributed by atoms with van der Waals surface area (Å²) in [7, 11) is 0. The standard InChI is InChI=1S/C23H31N7O2S/c1-17(2)14-29-22(28-9-11-32-12-10-28)26-27-23(29)33-16-21(31)25-20-7-8-24-30(20)15-19-6-4-5-18(3)13-19/h4-8,13,17H,9-12,14-16H2,1-3H3,(H,25,31). The van der Waals surface area contributed by atoms with Gasteiger partial charge in [0, 0.05) is 25.7 Å². The number of aryl methyl sites for hydroxylation is 1. The van der Waals surface area contributed by atoms with Crippen LogP contribution in [0.15, 0.2) is 41.7 Å². The molecule has 2 aromatic heterocycles. The van der Waals surface area contributed by atoms with Gasteiger partial charge < -0.3 is 15.0 Å². The van der Waals surface area contributed by atoms with Gasteiger partial charge in [0.05, 0.1) is 31.7 Å². The summed E-state index contributed by atoms with van der Waals surface area (Å²) in [6.45, 7) is 10.8. The predicted molar refractivity (Wildman–Crippen MR) is 130 cm³/mol. The topological polar surface area (TPSA) is 90.1 Å². The molecule has 176 valence electrons. The summed E-state index contributed by atoms with van der Waals surface area (Å²) in [6.07, 6.45) is 1.70. The van der Waals surface area contributed by atoms with Crippen molar-refractivity contribution >= 4 is 29.4 Å². The molecule has 1 fully saturated rings. The van der Waals surface area contributed by atoms with Crippen molar-refractivity contribution in [1.82, 2.24) is 24.5 Å². The van der Waals surface area contributed by atoms with Crippen molar-refractivity contribution in [3.63, 3.8) is 0 Å². The molecule has 3 aromatic rings. The first-order valence-corrected chi connectivity index (χ1v) is 12.2. The zero-order valence-electron chi connectivity index (χ0n) is 19.4. The lowest BCUT2D eigenvalue weighted by atomic mass is 10.1. The summed E-state index contributed by atoms with van der Waals surface area (Å²) in [5.74, 6) is 2.11. The van der Waals surface area contributed by atoms with Crippen LogP contribution in [-0.2, 0) is 22.6 Å². The highest BCUT2D eigenvalue weighted by Crippen LogP contribution is 2.24. The Morgan fingerprint density at radius 2 is 2.03 bits per heavy atom. The summed E-state index contributed by atoms with van der Waals surface area (Å²) in [6, 6.07) is 10.1. The number of benzene rings is 1. The average Bonchev–Trinajstić information content (AvgIpc) is 3.39. The molecule has 1 aliphatic heterocycles. The number of amides is 1. The summed E-state index contributed by atoms with van der Waals surface area (Å²) < 4.78 is 9.39. The van der Waals surface area contributed by atoms with Gasteiger partial charge >= 0.3 is 0 Å². The number of carbonyl (C=O) groups is 1. The molecule has 0 atom stereocenters. The zero-order valence-corrected chi connectivity index (χ0v) is 20.2. The SMILES string of the molecule is Cc1cccc(Cn2nccc2NC(=O)CSc2nnc(N3CCOCC3)n2CC(C)C)c1. The lowest BCUT2D eigenvalue weighted by Gasteiger charge is -2.28. The molecule has 0 aliphatic carbocycles. The maximum absolute atomic E-state index is 12.7. The third-order valence-corrected chi connectivity index (χ3v) is 6.24. The van der Waals surface area contributed by atoms with Gasteiger partial charge in [-0.25, -0.2) is 4.68 Å². The lowest BCUT2D eigenvalue weighted by Crippen LogP contribution is -2.38. The van der Waals surface area contributed by atoms with Crippen LogP contribution < -0.4 is 10.2 Å². The fraction of sp³-hybridized carbons (Fsp3) is 0.478. The molecule has 0 spiro atoms. The van der Waals surface area contributed by atoms with Gasteiger partial charge in [-0.3, -0.25) is 9.36 Å². The quantitative estimate of drug-likeness (QED) is 0.482. The number of rotatable bonds is 9. The Bertz CT molecular complexity index is 1070. The number of hydrogen-bond donors (Lipinski definition) is 1. The van der Waals surface area contributed by atoms with Gasteiger partial charge in [0.1, 0.15) is 5.82 Å². The number of nitrogens with zero attached hydrogens (tertiary/aromatic N) is 6. The molecular formula is C23H31N7O2S. The third kappa shape index (κ3) is 6.14. The Hall–Kier alpha value is -2.85. The fourth-order valence-corrected chi connectivity index (χ4v) is 4.51. The van der Waals surface area contributed by atoms with Crippen LogP contribution in [0, 0.1) is 12.8 Å². The van der Waals surface area contributed by atoms with E-state index in [2.05, 4.69) is 69.1 Å². The van der Waals surface area contributed by atoms with Crippen molar-refractivity contribution in [3.8, 4) is 0 Å². The molecule has 4 rings (SSSR count). The molecule has 0 radical (unpaired) electrons. The molecule has 1 aliphatic rings. The molecule has 0 bridgehead atoms. The Morgan fingerprint density at radius 3 is 2.79 bits per heavy atom. The second-order valence-corrected chi connectivity index (χ2v) is 9.53. The van der Waals surface area contributed by atoms with E-state index in [1.807, 2.05) is 12.1 Å². The van der Waals surface area contributed by atoms with Crippen LogP contribution >= 0.6 is 11.8 Å². The van der Waals surface area contributed by atoms with E-state index in [0.717, 1.165) is 36.3 Å². The summed E-state index contributed by atoms with van der Waals surface area (Å²) >= 11 is 1.41. The maximum Gasteiger partial charge on any atom is 0.235 e.